The lowest BCUT2D eigenvalue weighted by Gasteiger charge is -2.28. The highest BCUT2D eigenvalue weighted by atomic mass is 16.5. The van der Waals surface area contributed by atoms with E-state index in [1.54, 1.807) is 0 Å². The summed E-state index contributed by atoms with van der Waals surface area (Å²) in [6.07, 6.45) is 7.74. The van der Waals surface area contributed by atoms with Crippen LogP contribution in [0.2, 0.25) is 0 Å². The normalized spacial score (nSPS) is 21.9. The largest absolute Gasteiger partial charge is 0.493 e. The van der Waals surface area contributed by atoms with E-state index >= 15 is 0 Å². The molecule has 1 aromatic carbocycles. The van der Waals surface area contributed by atoms with Crippen LogP contribution in [0, 0.1) is 5.92 Å². The highest BCUT2D eigenvalue weighted by Gasteiger charge is 2.23. The fourth-order valence-electron chi connectivity index (χ4n) is 3.18. The Hall–Kier alpha value is -1.02. The van der Waals surface area contributed by atoms with Crippen molar-refractivity contribution in [2.75, 3.05) is 6.61 Å². The number of hydrogen-bond acceptors (Lipinski definition) is 2. The van der Waals surface area contributed by atoms with E-state index in [2.05, 4.69) is 18.2 Å². The van der Waals surface area contributed by atoms with Crippen molar-refractivity contribution in [3.05, 3.63) is 29.3 Å². The van der Waals surface area contributed by atoms with Gasteiger partial charge in [0.2, 0.25) is 0 Å². The molecule has 1 aromatic rings. The molecule has 0 spiro atoms. The van der Waals surface area contributed by atoms with Gasteiger partial charge in [0, 0.05) is 12.5 Å². The van der Waals surface area contributed by atoms with Gasteiger partial charge in [0.1, 0.15) is 5.75 Å². The van der Waals surface area contributed by atoms with Gasteiger partial charge >= 0.3 is 0 Å². The zero-order valence-electron chi connectivity index (χ0n) is 10.3. The molecule has 1 aliphatic heterocycles. The highest BCUT2D eigenvalue weighted by molar-refractivity contribution is 5.40. The molecule has 0 aromatic heterocycles. The van der Waals surface area contributed by atoms with Gasteiger partial charge in [-0.2, -0.15) is 0 Å². The van der Waals surface area contributed by atoms with Crippen LogP contribution >= 0.6 is 0 Å². The van der Waals surface area contributed by atoms with Crippen LogP contribution < -0.4 is 10.5 Å². The molecule has 1 aliphatic carbocycles. The minimum absolute atomic E-state index is 0.223. The lowest BCUT2D eigenvalue weighted by Crippen LogP contribution is -2.23. The van der Waals surface area contributed by atoms with Crippen molar-refractivity contribution < 1.29 is 4.74 Å². The summed E-state index contributed by atoms with van der Waals surface area (Å²) in [6.45, 7) is 0.831. The number of fused-ring (bicyclic) bond motifs is 1. The molecule has 0 radical (unpaired) electrons. The summed E-state index contributed by atoms with van der Waals surface area (Å²) in [7, 11) is 0. The number of nitrogens with two attached hydrogens (primary N) is 1. The summed E-state index contributed by atoms with van der Waals surface area (Å²) in [5.74, 6) is 1.74. The molecule has 0 bridgehead atoms. The zero-order chi connectivity index (χ0) is 11.7. The molecule has 0 amide bonds. The van der Waals surface area contributed by atoms with Gasteiger partial charge in [0.25, 0.3) is 0 Å². The lowest BCUT2D eigenvalue weighted by atomic mass is 9.81. The second kappa shape index (κ2) is 4.69. The van der Waals surface area contributed by atoms with E-state index in [9.17, 15) is 0 Å². The zero-order valence-corrected chi connectivity index (χ0v) is 10.3. The molecule has 1 saturated carbocycles. The number of ether oxygens (including phenoxy) is 1. The number of hydrogen-bond donors (Lipinski definition) is 1. The number of benzene rings is 1. The fraction of sp³-hybridized carbons (Fsp3) is 0.600. The van der Waals surface area contributed by atoms with Crippen molar-refractivity contribution in [1.82, 2.24) is 0 Å². The van der Waals surface area contributed by atoms with Crippen LogP contribution in [0.4, 0.5) is 0 Å². The molecule has 2 N–H and O–H groups in total. The second-order valence-corrected chi connectivity index (χ2v) is 5.39. The summed E-state index contributed by atoms with van der Waals surface area (Å²) in [6, 6.07) is 6.74. The third-order valence-electron chi connectivity index (χ3n) is 4.26. The Kier molecular flexibility index (Phi) is 3.06. The quantitative estimate of drug-likeness (QED) is 0.848. The minimum atomic E-state index is 0.223. The predicted molar refractivity (Wildman–Crippen MR) is 69.1 cm³/mol. The monoisotopic (exact) mass is 231 g/mol. The molecule has 3 rings (SSSR count). The Morgan fingerprint density at radius 1 is 1.18 bits per heavy atom. The van der Waals surface area contributed by atoms with Crippen molar-refractivity contribution in [2.45, 2.75) is 44.6 Å². The van der Waals surface area contributed by atoms with Crippen LogP contribution in [0.15, 0.2) is 18.2 Å². The van der Waals surface area contributed by atoms with Gasteiger partial charge < -0.3 is 10.5 Å². The Balaban J connectivity index is 1.78. The summed E-state index contributed by atoms with van der Waals surface area (Å²) in [4.78, 5) is 0. The SMILES string of the molecule is N[C@H](c1ccc2c(c1)CCO2)C1CCCCC1. The molecule has 2 nitrogen and oxygen atoms in total. The maximum atomic E-state index is 6.42. The molecule has 1 atom stereocenters. The molecule has 17 heavy (non-hydrogen) atoms. The Labute approximate surface area is 103 Å². The van der Waals surface area contributed by atoms with Gasteiger partial charge in [-0.3, -0.25) is 0 Å². The van der Waals surface area contributed by atoms with Crippen LogP contribution in [0.3, 0.4) is 0 Å². The maximum absolute atomic E-state index is 6.42. The number of rotatable bonds is 2. The van der Waals surface area contributed by atoms with E-state index in [0.29, 0.717) is 5.92 Å². The second-order valence-electron chi connectivity index (χ2n) is 5.39. The van der Waals surface area contributed by atoms with Gasteiger partial charge in [0.05, 0.1) is 6.61 Å². The van der Waals surface area contributed by atoms with Crippen molar-refractivity contribution in [3.63, 3.8) is 0 Å². The van der Waals surface area contributed by atoms with Gasteiger partial charge in [-0.25, -0.2) is 0 Å². The van der Waals surface area contributed by atoms with Crippen LogP contribution in [-0.4, -0.2) is 6.61 Å². The first kappa shape index (κ1) is 11.1. The van der Waals surface area contributed by atoms with E-state index < -0.39 is 0 Å². The smallest absolute Gasteiger partial charge is 0.122 e. The topological polar surface area (TPSA) is 35.2 Å². The molecular formula is C15H21NO. The van der Waals surface area contributed by atoms with Gasteiger partial charge in [-0.05, 0) is 36.0 Å². The van der Waals surface area contributed by atoms with E-state index in [1.807, 2.05) is 0 Å². The average Bonchev–Trinajstić information content (AvgIpc) is 2.86. The van der Waals surface area contributed by atoms with Crippen LogP contribution in [0.1, 0.15) is 49.3 Å². The molecule has 0 saturated heterocycles. The summed E-state index contributed by atoms with van der Waals surface area (Å²) in [5.41, 5.74) is 9.07. The third-order valence-corrected chi connectivity index (χ3v) is 4.26. The van der Waals surface area contributed by atoms with E-state index in [0.717, 1.165) is 18.8 Å². The van der Waals surface area contributed by atoms with E-state index in [1.165, 1.54) is 43.2 Å². The maximum Gasteiger partial charge on any atom is 0.122 e. The first-order chi connectivity index (χ1) is 8.34. The van der Waals surface area contributed by atoms with Crippen molar-refractivity contribution >= 4 is 0 Å². The molecular weight excluding hydrogens is 210 g/mol. The average molecular weight is 231 g/mol. The van der Waals surface area contributed by atoms with Crippen LogP contribution in [-0.2, 0) is 6.42 Å². The standard InChI is InChI=1S/C15H21NO/c16-15(11-4-2-1-3-5-11)13-6-7-14-12(10-13)8-9-17-14/h6-7,10-11,15H,1-5,8-9,16H2/t15-/m0/s1. The Morgan fingerprint density at radius 2 is 2.00 bits per heavy atom. The molecule has 0 unspecified atom stereocenters. The summed E-state index contributed by atoms with van der Waals surface area (Å²) in [5, 5.41) is 0. The molecule has 1 fully saturated rings. The van der Waals surface area contributed by atoms with Crippen LogP contribution in [0.25, 0.3) is 0 Å². The van der Waals surface area contributed by atoms with E-state index in [-0.39, 0.29) is 6.04 Å². The Morgan fingerprint density at radius 3 is 2.82 bits per heavy atom. The predicted octanol–water partition coefficient (Wildman–Crippen LogP) is 3.20. The first-order valence-corrected chi connectivity index (χ1v) is 6.86. The highest BCUT2D eigenvalue weighted by Crippen LogP contribution is 2.35. The first-order valence-electron chi connectivity index (χ1n) is 6.86. The van der Waals surface area contributed by atoms with Gasteiger partial charge in [0.15, 0.2) is 0 Å². The molecule has 2 heteroatoms. The summed E-state index contributed by atoms with van der Waals surface area (Å²) >= 11 is 0. The third kappa shape index (κ3) is 2.19. The van der Waals surface area contributed by atoms with E-state index in [4.69, 9.17) is 10.5 Å². The van der Waals surface area contributed by atoms with Crippen LogP contribution in [0.5, 0.6) is 5.75 Å². The molecule has 92 valence electrons. The summed E-state index contributed by atoms with van der Waals surface area (Å²) < 4.78 is 5.54. The fourth-order valence-corrected chi connectivity index (χ4v) is 3.18. The van der Waals surface area contributed by atoms with Gasteiger partial charge in [-0.15, -0.1) is 0 Å². The van der Waals surface area contributed by atoms with Crippen molar-refractivity contribution in [2.24, 2.45) is 11.7 Å². The Bertz CT molecular complexity index is 396. The molecule has 1 heterocycles. The van der Waals surface area contributed by atoms with Crippen molar-refractivity contribution in [3.8, 4) is 5.75 Å². The minimum Gasteiger partial charge on any atom is -0.493 e. The molecule has 2 aliphatic rings. The lowest BCUT2D eigenvalue weighted by molar-refractivity contribution is 0.308. The van der Waals surface area contributed by atoms with Gasteiger partial charge in [-0.1, -0.05) is 31.4 Å². The van der Waals surface area contributed by atoms with Crippen molar-refractivity contribution in [1.29, 1.82) is 0 Å².